The van der Waals surface area contributed by atoms with Crippen LogP contribution in [0.2, 0.25) is 0 Å². The number of benzene rings is 3. The second-order valence-corrected chi connectivity index (χ2v) is 8.00. The topological polar surface area (TPSA) is 119 Å². The van der Waals surface area contributed by atoms with Gasteiger partial charge in [-0.3, -0.25) is 25.0 Å². The summed E-state index contributed by atoms with van der Waals surface area (Å²) in [6.45, 7) is 3.71. The fourth-order valence-electron chi connectivity index (χ4n) is 3.74. The monoisotopic (exact) mass is 471 g/mol. The number of hydrogen-bond acceptors (Lipinski definition) is 6. The number of anilines is 1. The van der Waals surface area contributed by atoms with Gasteiger partial charge in [0, 0.05) is 17.7 Å². The Bertz CT molecular complexity index is 1400. The highest BCUT2D eigenvalue weighted by Crippen LogP contribution is 2.28. The Morgan fingerprint density at radius 1 is 1.00 bits per heavy atom. The summed E-state index contributed by atoms with van der Waals surface area (Å²) in [5, 5.41) is 13.2. The van der Waals surface area contributed by atoms with E-state index in [1.165, 1.54) is 18.2 Å². The van der Waals surface area contributed by atoms with Crippen LogP contribution in [-0.4, -0.2) is 22.8 Å². The number of nitrogens with one attached hydrogen (secondary N) is 1. The van der Waals surface area contributed by atoms with Gasteiger partial charge in [0.1, 0.15) is 17.9 Å². The number of hydrogen-bond donors (Lipinski definition) is 1. The first kappa shape index (κ1) is 23.4. The third-order valence-corrected chi connectivity index (χ3v) is 5.43. The normalized spacial score (nSPS) is 14.7. The molecule has 0 bridgehead atoms. The molecule has 1 heterocycles. The van der Waals surface area contributed by atoms with Crippen molar-refractivity contribution in [3.05, 3.63) is 105 Å². The number of imide groups is 2. The maximum Gasteiger partial charge on any atom is 0.335 e. The van der Waals surface area contributed by atoms with Gasteiger partial charge in [-0.1, -0.05) is 48.0 Å². The first-order valence-electron chi connectivity index (χ1n) is 10.7. The molecule has 1 fully saturated rings. The Labute approximate surface area is 200 Å². The number of amides is 4. The molecule has 1 saturated heterocycles. The molecule has 35 heavy (non-hydrogen) atoms. The Morgan fingerprint density at radius 2 is 1.77 bits per heavy atom. The molecule has 0 spiro atoms. The number of rotatable bonds is 6. The van der Waals surface area contributed by atoms with Crippen LogP contribution in [0.1, 0.15) is 22.3 Å². The van der Waals surface area contributed by atoms with E-state index in [9.17, 15) is 24.5 Å². The molecule has 1 N–H and O–H groups in total. The number of barbiturate groups is 1. The molecule has 3 aromatic rings. The van der Waals surface area contributed by atoms with Crippen molar-refractivity contribution in [2.75, 3.05) is 4.90 Å². The summed E-state index contributed by atoms with van der Waals surface area (Å²) in [5.74, 6) is -1.20. The third kappa shape index (κ3) is 4.93. The van der Waals surface area contributed by atoms with Crippen molar-refractivity contribution >= 4 is 35.3 Å². The molecule has 0 unspecified atom stereocenters. The molecule has 0 radical (unpaired) electrons. The highest BCUT2D eigenvalue weighted by molar-refractivity contribution is 6.39. The van der Waals surface area contributed by atoms with E-state index in [1.807, 2.05) is 13.0 Å². The average molecular weight is 471 g/mol. The number of nitrogens with zero attached hydrogens (tertiary/aromatic N) is 2. The Morgan fingerprint density at radius 3 is 2.51 bits per heavy atom. The Balaban J connectivity index is 1.64. The molecule has 1 aliphatic rings. The van der Waals surface area contributed by atoms with Crippen molar-refractivity contribution in [1.82, 2.24) is 5.32 Å². The second-order valence-electron chi connectivity index (χ2n) is 8.00. The van der Waals surface area contributed by atoms with E-state index < -0.39 is 22.8 Å². The second kappa shape index (κ2) is 9.60. The minimum absolute atomic E-state index is 0.0369. The van der Waals surface area contributed by atoms with Crippen molar-refractivity contribution in [3.63, 3.8) is 0 Å². The van der Waals surface area contributed by atoms with Crippen molar-refractivity contribution in [1.29, 1.82) is 0 Å². The number of aryl methyl sites for hydroxylation is 2. The van der Waals surface area contributed by atoms with Gasteiger partial charge in [0.2, 0.25) is 0 Å². The molecule has 3 aromatic carbocycles. The van der Waals surface area contributed by atoms with E-state index in [4.69, 9.17) is 4.74 Å². The maximum atomic E-state index is 13.3. The lowest BCUT2D eigenvalue weighted by Gasteiger charge is -2.27. The molecule has 9 nitrogen and oxygen atoms in total. The van der Waals surface area contributed by atoms with Gasteiger partial charge < -0.3 is 4.74 Å². The minimum Gasteiger partial charge on any atom is -0.488 e. The van der Waals surface area contributed by atoms with E-state index >= 15 is 0 Å². The van der Waals surface area contributed by atoms with Gasteiger partial charge in [0.25, 0.3) is 17.5 Å². The van der Waals surface area contributed by atoms with Crippen LogP contribution < -0.4 is 15.0 Å². The summed E-state index contributed by atoms with van der Waals surface area (Å²) in [5.41, 5.74) is 2.80. The first-order chi connectivity index (χ1) is 16.7. The molecular formula is C26H21N3O6. The lowest BCUT2D eigenvalue weighted by atomic mass is 10.0. The van der Waals surface area contributed by atoms with Crippen LogP contribution in [0.4, 0.5) is 16.2 Å². The number of para-hydroxylation sites is 1. The predicted molar refractivity (Wildman–Crippen MR) is 129 cm³/mol. The van der Waals surface area contributed by atoms with Gasteiger partial charge in [-0.2, -0.15) is 0 Å². The molecule has 0 aliphatic carbocycles. The van der Waals surface area contributed by atoms with Crippen LogP contribution in [0.15, 0.2) is 72.3 Å². The van der Waals surface area contributed by atoms with Crippen LogP contribution in [0.25, 0.3) is 6.08 Å². The number of ether oxygens (including phenoxy) is 1. The maximum absolute atomic E-state index is 13.3. The number of carbonyl (C=O) groups excluding carboxylic acids is 3. The summed E-state index contributed by atoms with van der Waals surface area (Å²) in [6.07, 6.45) is 1.36. The minimum atomic E-state index is -0.820. The van der Waals surface area contributed by atoms with Crippen LogP contribution in [0, 0.1) is 24.0 Å². The molecule has 9 heteroatoms. The van der Waals surface area contributed by atoms with Gasteiger partial charge >= 0.3 is 6.03 Å². The van der Waals surface area contributed by atoms with Crippen molar-refractivity contribution in [2.24, 2.45) is 0 Å². The number of non-ortho nitro benzene ring substituents is 1. The summed E-state index contributed by atoms with van der Waals surface area (Å²) in [6, 6.07) is 17.3. The predicted octanol–water partition coefficient (Wildman–Crippen LogP) is 4.46. The first-order valence-corrected chi connectivity index (χ1v) is 10.7. The van der Waals surface area contributed by atoms with Gasteiger partial charge in [0.05, 0.1) is 10.6 Å². The zero-order valence-electron chi connectivity index (χ0n) is 19.0. The molecule has 4 rings (SSSR count). The number of nitro benzene ring substituents is 1. The molecule has 4 amide bonds. The van der Waals surface area contributed by atoms with Crippen molar-refractivity contribution in [2.45, 2.75) is 20.5 Å². The van der Waals surface area contributed by atoms with Crippen LogP contribution in [0.5, 0.6) is 5.75 Å². The van der Waals surface area contributed by atoms with Crippen LogP contribution in [0.3, 0.4) is 0 Å². The number of urea groups is 1. The fourth-order valence-corrected chi connectivity index (χ4v) is 3.74. The number of nitro groups is 1. The summed E-state index contributed by atoms with van der Waals surface area (Å²) in [4.78, 5) is 49.8. The quantitative estimate of drug-likeness (QED) is 0.245. The summed E-state index contributed by atoms with van der Waals surface area (Å²) < 4.78 is 5.84. The Kier molecular flexibility index (Phi) is 6.41. The SMILES string of the molecule is Cc1ccc(N2C(=O)NC(=O)/C(=C\c3ccccc3OCc3cccc([N+](=O)[O-])c3)C2=O)c(C)c1. The van der Waals surface area contributed by atoms with Crippen LogP contribution >= 0.6 is 0 Å². The highest BCUT2D eigenvalue weighted by atomic mass is 16.6. The molecular weight excluding hydrogens is 450 g/mol. The molecule has 1 aliphatic heterocycles. The average Bonchev–Trinajstić information content (AvgIpc) is 2.82. The summed E-state index contributed by atoms with van der Waals surface area (Å²) >= 11 is 0. The van der Waals surface area contributed by atoms with E-state index in [-0.39, 0.29) is 17.9 Å². The van der Waals surface area contributed by atoms with Gasteiger partial charge in [-0.05, 0) is 43.2 Å². The van der Waals surface area contributed by atoms with Gasteiger partial charge in [-0.25, -0.2) is 9.69 Å². The number of carbonyl (C=O) groups is 3. The van der Waals surface area contributed by atoms with E-state index in [2.05, 4.69) is 5.32 Å². The van der Waals surface area contributed by atoms with E-state index in [0.29, 0.717) is 28.1 Å². The molecule has 0 saturated carbocycles. The molecule has 0 atom stereocenters. The lowest BCUT2D eigenvalue weighted by molar-refractivity contribution is -0.384. The summed E-state index contributed by atoms with van der Waals surface area (Å²) in [7, 11) is 0. The Hall–Kier alpha value is -4.79. The molecule has 0 aromatic heterocycles. The zero-order valence-corrected chi connectivity index (χ0v) is 19.0. The van der Waals surface area contributed by atoms with Gasteiger partial charge in [0.15, 0.2) is 0 Å². The third-order valence-electron chi connectivity index (χ3n) is 5.43. The van der Waals surface area contributed by atoms with Crippen LogP contribution in [-0.2, 0) is 16.2 Å². The van der Waals surface area contributed by atoms with Crippen molar-refractivity contribution in [3.8, 4) is 5.75 Å². The van der Waals surface area contributed by atoms with Gasteiger partial charge in [-0.15, -0.1) is 0 Å². The smallest absolute Gasteiger partial charge is 0.335 e. The standard InChI is InChI=1S/C26H21N3O6/c1-16-10-11-22(17(2)12-16)28-25(31)21(24(30)27-26(28)32)14-19-7-3-4-9-23(19)35-15-18-6-5-8-20(13-18)29(33)34/h3-14H,15H2,1-2H3,(H,27,30,32)/b21-14+. The molecule has 176 valence electrons. The van der Waals surface area contributed by atoms with Crippen molar-refractivity contribution < 1.29 is 24.0 Å². The highest BCUT2D eigenvalue weighted by Gasteiger charge is 2.37. The lowest BCUT2D eigenvalue weighted by Crippen LogP contribution is -2.54. The fraction of sp³-hybridized carbons (Fsp3) is 0.115. The zero-order chi connectivity index (χ0) is 25.1. The largest absolute Gasteiger partial charge is 0.488 e. The van der Waals surface area contributed by atoms with E-state index in [1.54, 1.807) is 55.5 Å². The van der Waals surface area contributed by atoms with E-state index in [0.717, 1.165) is 10.5 Å².